The average molecular weight is 415 g/mol. The number of hydrogen-bond acceptors (Lipinski definition) is 5. The molecule has 0 unspecified atom stereocenters. The lowest BCUT2D eigenvalue weighted by Crippen LogP contribution is -2.44. The zero-order valence-electron chi connectivity index (χ0n) is 18.1. The van der Waals surface area contributed by atoms with Crippen LogP contribution in [0, 0.1) is 0 Å². The molecule has 0 spiro atoms. The lowest BCUT2D eigenvalue weighted by molar-refractivity contribution is -0.138. The number of carbonyl (C=O) groups excluding carboxylic acids is 4. The van der Waals surface area contributed by atoms with Gasteiger partial charge in [0.15, 0.2) is 6.61 Å². The van der Waals surface area contributed by atoms with Crippen molar-refractivity contribution in [1.29, 1.82) is 0 Å². The van der Waals surface area contributed by atoms with Crippen molar-refractivity contribution in [3.05, 3.63) is 34.9 Å². The zero-order valence-corrected chi connectivity index (χ0v) is 18.1. The van der Waals surface area contributed by atoms with Crippen LogP contribution in [0.2, 0.25) is 0 Å². The molecule has 0 radical (unpaired) electrons. The summed E-state index contributed by atoms with van der Waals surface area (Å²) in [7, 11) is 0. The molecule has 0 atom stereocenters. The summed E-state index contributed by atoms with van der Waals surface area (Å²) in [5, 5.41) is 0. The number of fused-ring (bicyclic) bond motifs is 1. The monoisotopic (exact) mass is 414 g/mol. The van der Waals surface area contributed by atoms with E-state index >= 15 is 0 Å². The van der Waals surface area contributed by atoms with E-state index in [9.17, 15) is 19.2 Å². The normalized spacial score (nSPS) is 16.9. The zero-order chi connectivity index (χ0) is 22.0. The molecule has 0 aromatic heterocycles. The third-order valence-corrected chi connectivity index (χ3v) is 5.82. The number of benzene rings is 1. The van der Waals surface area contributed by atoms with Crippen LogP contribution in [-0.4, -0.2) is 58.2 Å². The molecule has 0 bridgehead atoms. The molecule has 7 nitrogen and oxygen atoms in total. The maximum absolute atomic E-state index is 12.9. The molecule has 7 heteroatoms. The highest BCUT2D eigenvalue weighted by atomic mass is 16.5. The molecule has 0 N–H and O–H groups in total. The second kappa shape index (κ2) is 8.98. The summed E-state index contributed by atoms with van der Waals surface area (Å²) in [6.07, 6.45) is 4.79. The van der Waals surface area contributed by atoms with E-state index in [-0.39, 0.29) is 53.6 Å². The predicted octanol–water partition coefficient (Wildman–Crippen LogP) is 3.42. The van der Waals surface area contributed by atoms with E-state index in [2.05, 4.69) is 0 Å². The average Bonchev–Trinajstić information content (AvgIpc) is 2.96. The first-order valence-corrected chi connectivity index (χ1v) is 10.7. The SMILES string of the molecule is CC(C)N(C(=O)COC(=O)c1ccc2c(c1)C(=O)N(C1CCCCC1)C2=O)C(C)C. The summed E-state index contributed by atoms with van der Waals surface area (Å²) < 4.78 is 5.20. The summed E-state index contributed by atoms with van der Waals surface area (Å²) in [6.45, 7) is 7.25. The van der Waals surface area contributed by atoms with Gasteiger partial charge in [-0.3, -0.25) is 19.3 Å². The van der Waals surface area contributed by atoms with Crippen LogP contribution < -0.4 is 0 Å². The molecule has 1 aliphatic carbocycles. The number of ether oxygens (including phenoxy) is 1. The fraction of sp³-hybridized carbons (Fsp3) is 0.565. The first-order chi connectivity index (χ1) is 14.2. The number of amides is 3. The summed E-state index contributed by atoms with van der Waals surface area (Å²) in [6, 6.07) is 4.30. The fourth-order valence-corrected chi connectivity index (χ4v) is 4.51. The van der Waals surface area contributed by atoms with E-state index in [1.165, 1.54) is 23.1 Å². The van der Waals surface area contributed by atoms with Gasteiger partial charge in [-0.25, -0.2) is 4.79 Å². The van der Waals surface area contributed by atoms with Gasteiger partial charge in [0, 0.05) is 18.1 Å². The molecular formula is C23H30N2O5. The first-order valence-electron chi connectivity index (χ1n) is 10.7. The van der Waals surface area contributed by atoms with Crippen LogP contribution in [0.15, 0.2) is 18.2 Å². The quantitative estimate of drug-likeness (QED) is 0.526. The molecule has 3 amide bonds. The Hall–Kier alpha value is -2.70. The van der Waals surface area contributed by atoms with Gasteiger partial charge in [0.05, 0.1) is 16.7 Å². The maximum atomic E-state index is 12.9. The van der Waals surface area contributed by atoms with E-state index < -0.39 is 5.97 Å². The summed E-state index contributed by atoms with van der Waals surface area (Å²) >= 11 is 0. The van der Waals surface area contributed by atoms with Gasteiger partial charge in [-0.2, -0.15) is 0 Å². The van der Waals surface area contributed by atoms with Crippen LogP contribution >= 0.6 is 0 Å². The minimum atomic E-state index is -0.685. The Balaban J connectivity index is 1.70. The lowest BCUT2D eigenvalue weighted by Gasteiger charge is -2.30. The minimum Gasteiger partial charge on any atom is -0.452 e. The second-order valence-corrected chi connectivity index (χ2v) is 8.60. The van der Waals surface area contributed by atoms with Crippen LogP contribution in [0.4, 0.5) is 0 Å². The Kier molecular flexibility index (Phi) is 6.58. The Bertz CT molecular complexity index is 847. The largest absolute Gasteiger partial charge is 0.452 e. The molecule has 1 saturated carbocycles. The predicted molar refractivity (Wildman–Crippen MR) is 111 cm³/mol. The van der Waals surface area contributed by atoms with E-state index in [4.69, 9.17) is 4.74 Å². The van der Waals surface area contributed by atoms with Gasteiger partial charge in [-0.15, -0.1) is 0 Å². The molecule has 162 valence electrons. The van der Waals surface area contributed by atoms with Crippen molar-refractivity contribution in [2.75, 3.05) is 6.61 Å². The molecule has 1 heterocycles. The van der Waals surface area contributed by atoms with E-state index in [0.717, 1.165) is 32.1 Å². The highest BCUT2D eigenvalue weighted by Gasteiger charge is 2.40. The van der Waals surface area contributed by atoms with Crippen LogP contribution in [0.1, 0.15) is 90.9 Å². The third-order valence-electron chi connectivity index (χ3n) is 5.82. The molecule has 1 aromatic carbocycles. The number of carbonyl (C=O) groups is 4. The van der Waals surface area contributed by atoms with Crippen molar-refractivity contribution in [3.63, 3.8) is 0 Å². The number of nitrogens with zero attached hydrogens (tertiary/aromatic N) is 2. The van der Waals surface area contributed by atoms with Crippen molar-refractivity contribution < 1.29 is 23.9 Å². The number of rotatable bonds is 6. The molecule has 30 heavy (non-hydrogen) atoms. The van der Waals surface area contributed by atoms with Crippen molar-refractivity contribution in [2.45, 2.75) is 77.9 Å². The minimum absolute atomic E-state index is 0.00870. The van der Waals surface area contributed by atoms with E-state index in [1.54, 1.807) is 4.90 Å². The Morgan fingerprint density at radius 1 is 1.00 bits per heavy atom. The highest BCUT2D eigenvalue weighted by Crippen LogP contribution is 2.31. The summed E-state index contributed by atoms with van der Waals surface area (Å²) in [5.41, 5.74) is 0.718. The van der Waals surface area contributed by atoms with Gasteiger partial charge in [-0.05, 0) is 58.7 Å². The molecule has 1 aliphatic heterocycles. The number of hydrogen-bond donors (Lipinski definition) is 0. The third kappa shape index (κ3) is 4.25. The Labute approximate surface area is 177 Å². The second-order valence-electron chi connectivity index (χ2n) is 8.60. The van der Waals surface area contributed by atoms with Gasteiger partial charge in [-0.1, -0.05) is 19.3 Å². The summed E-state index contributed by atoms with van der Waals surface area (Å²) in [4.78, 5) is 53.5. The van der Waals surface area contributed by atoms with Gasteiger partial charge < -0.3 is 9.64 Å². The summed E-state index contributed by atoms with van der Waals surface area (Å²) in [5.74, 6) is -1.60. The van der Waals surface area contributed by atoms with Gasteiger partial charge >= 0.3 is 5.97 Å². The first kappa shape index (κ1) is 22.0. The highest BCUT2D eigenvalue weighted by molar-refractivity contribution is 6.22. The topological polar surface area (TPSA) is 84.0 Å². The van der Waals surface area contributed by atoms with Crippen LogP contribution in [0.25, 0.3) is 0 Å². The van der Waals surface area contributed by atoms with Crippen LogP contribution in [0.5, 0.6) is 0 Å². The van der Waals surface area contributed by atoms with Crippen molar-refractivity contribution >= 4 is 23.7 Å². The van der Waals surface area contributed by atoms with Crippen molar-refractivity contribution in [3.8, 4) is 0 Å². The molecule has 0 saturated heterocycles. The Morgan fingerprint density at radius 2 is 1.60 bits per heavy atom. The van der Waals surface area contributed by atoms with E-state index in [1.807, 2.05) is 27.7 Å². The van der Waals surface area contributed by atoms with Gasteiger partial charge in [0.2, 0.25) is 0 Å². The van der Waals surface area contributed by atoms with Gasteiger partial charge in [0.1, 0.15) is 0 Å². The smallest absolute Gasteiger partial charge is 0.338 e. The number of imide groups is 1. The van der Waals surface area contributed by atoms with Crippen LogP contribution in [-0.2, 0) is 9.53 Å². The fourth-order valence-electron chi connectivity index (χ4n) is 4.51. The van der Waals surface area contributed by atoms with Crippen molar-refractivity contribution in [2.24, 2.45) is 0 Å². The number of esters is 1. The Morgan fingerprint density at radius 3 is 2.20 bits per heavy atom. The van der Waals surface area contributed by atoms with Crippen LogP contribution in [0.3, 0.4) is 0 Å². The standard InChI is InChI=1S/C23H30N2O5/c1-14(2)24(15(3)4)20(26)13-30-23(29)16-10-11-18-19(12-16)22(28)25(21(18)27)17-8-6-5-7-9-17/h10-12,14-15,17H,5-9,13H2,1-4H3. The van der Waals surface area contributed by atoms with Gasteiger partial charge in [0.25, 0.3) is 17.7 Å². The van der Waals surface area contributed by atoms with Crippen molar-refractivity contribution in [1.82, 2.24) is 9.80 Å². The molecule has 3 rings (SSSR count). The van der Waals surface area contributed by atoms with E-state index in [0.29, 0.717) is 5.56 Å². The molecular weight excluding hydrogens is 384 g/mol. The molecule has 1 fully saturated rings. The maximum Gasteiger partial charge on any atom is 0.338 e. The lowest BCUT2D eigenvalue weighted by atomic mass is 9.94. The molecule has 2 aliphatic rings. The molecule has 1 aromatic rings.